The van der Waals surface area contributed by atoms with Crippen LogP contribution in [0.5, 0.6) is 5.75 Å². The minimum Gasteiger partial charge on any atom is -0.489 e. The van der Waals surface area contributed by atoms with E-state index in [-0.39, 0.29) is 0 Å². The van der Waals surface area contributed by atoms with Gasteiger partial charge in [0.1, 0.15) is 12.4 Å². The van der Waals surface area contributed by atoms with Gasteiger partial charge in [0.25, 0.3) is 0 Å². The van der Waals surface area contributed by atoms with E-state index in [1.807, 2.05) is 25.1 Å². The second-order valence-corrected chi connectivity index (χ2v) is 5.35. The standard InChI is InChI=1S/C17H15Cl2NO/c1-12-9-16(6-4-13(12)3-2-8-20)21-11-14-10-15(18)5-7-17(14)19/h4-7,9-10H,8,11,20H2,1H3. The molecule has 21 heavy (non-hydrogen) atoms. The zero-order valence-electron chi connectivity index (χ0n) is 11.6. The summed E-state index contributed by atoms with van der Waals surface area (Å²) < 4.78 is 5.75. The Bertz CT molecular complexity index is 702. The van der Waals surface area contributed by atoms with Crippen LogP contribution >= 0.6 is 23.2 Å². The topological polar surface area (TPSA) is 35.2 Å². The Kier molecular flexibility index (Phi) is 5.52. The molecule has 2 nitrogen and oxygen atoms in total. The monoisotopic (exact) mass is 319 g/mol. The van der Waals surface area contributed by atoms with Gasteiger partial charge in [0.15, 0.2) is 0 Å². The fourth-order valence-electron chi connectivity index (χ4n) is 1.83. The molecule has 0 aromatic heterocycles. The number of hydrogen-bond donors (Lipinski definition) is 1. The minimum atomic E-state index is 0.352. The van der Waals surface area contributed by atoms with E-state index in [2.05, 4.69) is 11.8 Å². The van der Waals surface area contributed by atoms with Gasteiger partial charge in [-0.05, 0) is 48.9 Å². The number of hydrogen-bond acceptors (Lipinski definition) is 2. The van der Waals surface area contributed by atoms with Crippen molar-refractivity contribution >= 4 is 23.2 Å². The first-order valence-corrected chi connectivity index (χ1v) is 7.22. The molecule has 0 unspecified atom stereocenters. The van der Waals surface area contributed by atoms with Crippen LogP contribution < -0.4 is 10.5 Å². The zero-order chi connectivity index (χ0) is 15.2. The summed E-state index contributed by atoms with van der Waals surface area (Å²) in [6.07, 6.45) is 0. The van der Waals surface area contributed by atoms with Gasteiger partial charge >= 0.3 is 0 Å². The highest BCUT2D eigenvalue weighted by Gasteiger charge is 2.04. The van der Waals surface area contributed by atoms with Gasteiger partial charge in [0.05, 0.1) is 6.54 Å². The number of rotatable bonds is 3. The molecule has 0 bridgehead atoms. The highest BCUT2D eigenvalue weighted by molar-refractivity contribution is 6.33. The van der Waals surface area contributed by atoms with Crippen molar-refractivity contribution in [1.82, 2.24) is 0 Å². The average Bonchev–Trinajstić information content (AvgIpc) is 2.47. The molecule has 0 saturated heterocycles. The summed E-state index contributed by atoms with van der Waals surface area (Å²) in [5.74, 6) is 6.63. The molecule has 2 aromatic rings. The van der Waals surface area contributed by atoms with Gasteiger partial charge in [0, 0.05) is 21.2 Å². The smallest absolute Gasteiger partial charge is 0.120 e. The lowest BCUT2D eigenvalue weighted by Gasteiger charge is -2.09. The Morgan fingerprint density at radius 2 is 1.95 bits per heavy atom. The molecule has 4 heteroatoms. The summed E-state index contributed by atoms with van der Waals surface area (Å²) in [4.78, 5) is 0. The number of halogens is 2. The molecule has 0 amide bonds. The van der Waals surface area contributed by atoms with Crippen molar-refractivity contribution in [2.24, 2.45) is 5.73 Å². The summed E-state index contributed by atoms with van der Waals surface area (Å²) in [7, 11) is 0. The lowest BCUT2D eigenvalue weighted by molar-refractivity contribution is 0.306. The molecule has 2 N–H and O–H groups in total. The normalized spacial score (nSPS) is 9.90. The number of ether oxygens (including phenoxy) is 1. The molecule has 0 atom stereocenters. The van der Waals surface area contributed by atoms with Crippen LogP contribution in [-0.4, -0.2) is 6.54 Å². The maximum absolute atomic E-state index is 6.11. The van der Waals surface area contributed by atoms with Crippen molar-refractivity contribution in [2.45, 2.75) is 13.5 Å². The summed E-state index contributed by atoms with van der Waals surface area (Å²) in [6, 6.07) is 11.1. The predicted octanol–water partition coefficient (Wildman–Crippen LogP) is 4.19. The molecule has 0 aliphatic heterocycles. The van der Waals surface area contributed by atoms with Crippen molar-refractivity contribution in [1.29, 1.82) is 0 Å². The molecule has 0 spiro atoms. The van der Waals surface area contributed by atoms with E-state index in [1.54, 1.807) is 18.2 Å². The molecule has 2 aromatic carbocycles. The second-order valence-electron chi connectivity index (χ2n) is 4.51. The van der Waals surface area contributed by atoms with E-state index in [4.69, 9.17) is 33.7 Å². The van der Waals surface area contributed by atoms with Crippen LogP contribution in [0.25, 0.3) is 0 Å². The Morgan fingerprint density at radius 1 is 1.14 bits per heavy atom. The highest BCUT2D eigenvalue weighted by atomic mass is 35.5. The third-order valence-corrected chi connectivity index (χ3v) is 3.53. The largest absolute Gasteiger partial charge is 0.489 e. The molecule has 0 radical (unpaired) electrons. The van der Waals surface area contributed by atoms with E-state index >= 15 is 0 Å². The highest BCUT2D eigenvalue weighted by Crippen LogP contribution is 2.23. The maximum Gasteiger partial charge on any atom is 0.120 e. The maximum atomic E-state index is 6.11. The number of nitrogens with two attached hydrogens (primary N) is 1. The fourth-order valence-corrected chi connectivity index (χ4v) is 2.19. The Labute approximate surface area is 134 Å². The molecular weight excluding hydrogens is 305 g/mol. The van der Waals surface area contributed by atoms with Crippen molar-refractivity contribution in [2.75, 3.05) is 6.54 Å². The molecule has 2 rings (SSSR count). The molecule has 108 valence electrons. The second kappa shape index (κ2) is 7.38. The fraction of sp³-hybridized carbons (Fsp3) is 0.176. The van der Waals surface area contributed by atoms with Crippen LogP contribution in [0.4, 0.5) is 0 Å². The quantitative estimate of drug-likeness (QED) is 0.861. The van der Waals surface area contributed by atoms with Crippen LogP contribution in [0.3, 0.4) is 0 Å². The summed E-state index contributed by atoms with van der Waals surface area (Å²) in [6.45, 7) is 2.71. The van der Waals surface area contributed by atoms with Gasteiger partial charge in [-0.3, -0.25) is 0 Å². The Morgan fingerprint density at radius 3 is 2.67 bits per heavy atom. The lowest BCUT2D eigenvalue weighted by Crippen LogP contribution is -1.97. The van der Waals surface area contributed by atoms with Gasteiger partial charge in [-0.2, -0.15) is 0 Å². The summed E-state index contributed by atoms with van der Waals surface area (Å²) in [5.41, 5.74) is 8.23. The predicted molar refractivity (Wildman–Crippen MR) is 87.9 cm³/mol. The first-order chi connectivity index (χ1) is 10.1. The van der Waals surface area contributed by atoms with E-state index < -0.39 is 0 Å². The van der Waals surface area contributed by atoms with Crippen molar-refractivity contribution in [3.8, 4) is 17.6 Å². The Hall–Kier alpha value is -1.66. The van der Waals surface area contributed by atoms with E-state index in [9.17, 15) is 0 Å². The SMILES string of the molecule is Cc1cc(OCc2cc(Cl)ccc2Cl)ccc1C#CCN. The van der Waals surface area contributed by atoms with Crippen LogP contribution in [0.2, 0.25) is 10.0 Å². The first kappa shape index (κ1) is 15.7. The average molecular weight is 320 g/mol. The van der Waals surface area contributed by atoms with Crippen molar-refractivity contribution in [3.63, 3.8) is 0 Å². The van der Waals surface area contributed by atoms with E-state index in [0.717, 1.165) is 22.4 Å². The number of aryl methyl sites for hydroxylation is 1. The molecule has 0 saturated carbocycles. The molecule has 0 aliphatic carbocycles. The third kappa shape index (κ3) is 4.41. The zero-order valence-corrected chi connectivity index (χ0v) is 13.1. The van der Waals surface area contributed by atoms with Crippen LogP contribution in [0.15, 0.2) is 36.4 Å². The lowest BCUT2D eigenvalue weighted by atomic mass is 10.1. The molecular formula is C17H15Cl2NO. The molecule has 0 fully saturated rings. The summed E-state index contributed by atoms with van der Waals surface area (Å²) >= 11 is 12.1. The van der Waals surface area contributed by atoms with Gasteiger partial charge in [-0.15, -0.1) is 0 Å². The Balaban J connectivity index is 2.10. The van der Waals surface area contributed by atoms with Crippen LogP contribution in [0, 0.1) is 18.8 Å². The first-order valence-electron chi connectivity index (χ1n) is 6.46. The van der Waals surface area contributed by atoms with E-state index in [0.29, 0.717) is 23.2 Å². The van der Waals surface area contributed by atoms with Crippen molar-refractivity contribution in [3.05, 3.63) is 63.1 Å². The summed E-state index contributed by atoms with van der Waals surface area (Å²) in [5, 5.41) is 1.28. The van der Waals surface area contributed by atoms with Crippen molar-refractivity contribution < 1.29 is 4.74 Å². The molecule has 0 aliphatic rings. The van der Waals surface area contributed by atoms with Gasteiger partial charge < -0.3 is 10.5 Å². The van der Waals surface area contributed by atoms with Gasteiger partial charge in [0.2, 0.25) is 0 Å². The van der Waals surface area contributed by atoms with Crippen LogP contribution in [-0.2, 0) is 6.61 Å². The third-order valence-electron chi connectivity index (χ3n) is 2.93. The van der Waals surface area contributed by atoms with Gasteiger partial charge in [-0.1, -0.05) is 35.0 Å². The van der Waals surface area contributed by atoms with E-state index in [1.165, 1.54) is 0 Å². The number of benzene rings is 2. The minimum absolute atomic E-state index is 0.352. The van der Waals surface area contributed by atoms with Gasteiger partial charge in [-0.25, -0.2) is 0 Å². The molecule has 0 heterocycles. The van der Waals surface area contributed by atoms with Crippen LogP contribution in [0.1, 0.15) is 16.7 Å².